The summed E-state index contributed by atoms with van der Waals surface area (Å²) in [5, 5.41) is 21.2. The van der Waals surface area contributed by atoms with E-state index in [9.17, 15) is 18.1 Å². The lowest BCUT2D eigenvalue weighted by Gasteiger charge is -2.06. The molecule has 0 aromatic heterocycles. The maximum absolute atomic E-state index is 11.6. The summed E-state index contributed by atoms with van der Waals surface area (Å²) in [6.07, 6.45) is 0. The summed E-state index contributed by atoms with van der Waals surface area (Å²) < 4.78 is 32.6. The van der Waals surface area contributed by atoms with Gasteiger partial charge >= 0.3 is 0 Å². The Kier molecular flexibility index (Phi) is 4.10. The molecule has 134 valence electrons. The van der Waals surface area contributed by atoms with Gasteiger partial charge in [0, 0.05) is 16.2 Å². The van der Waals surface area contributed by atoms with E-state index in [1.807, 2.05) is 24.3 Å². The van der Waals surface area contributed by atoms with Crippen LogP contribution in [0.4, 0.5) is 11.4 Å². The molecule has 0 radical (unpaired) electrons. The number of hydrogen-bond donors (Lipinski definition) is 2. The van der Waals surface area contributed by atoms with Crippen LogP contribution in [-0.2, 0) is 10.1 Å². The van der Waals surface area contributed by atoms with Crippen LogP contribution in [0.5, 0.6) is 5.75 Å². The van der Waals surface area contributed by atoms with Gasteiger partial charge in [-0.15, -0.1) is 10.2 Å². The molecule has 0 aliphatic carbocycles. The molecule has 7 heteroatoms. The Bertz CT molecular complexity index is 1310. The van der Waals surface area contributed by atoms with Crippen molar-refractivity contribution in [2.75, 3.05) is 0 Å². The van der Waals surface area contributed by atoms with Crippen molar-refractivity contribution in [1.82, 2.24) is 0 Å². The molecule has 27 heavy (non-hydrogen) atoms. The number of fused-ring (bicyclic) bond motifs is 2. The zero-order valence-corrected chi connectivity index (χ0v) is 14.8. The lowest BCUT2D eigenvalue weighted by Crippen LogP contribution is -1.98. The number of rotatable bonds is 3. The van der Waals surface area contributed by atoms with Crippen molar-refractivity contribution in [2.24, 2.45) is 10.2 Å². The fourth-order valence-electron chi connectivity index (χ4n) is 3.03. The molecular formula is C20H14N2O4S. The summed E-state index contributed by atoms with van der Waals surface area (Å²) in [7, 11) is -4.36. The van der Waals surface area contributed by atoms with E-state index in [-0.39, 0.29) is 10.6 Å². The highest BCUT2D eigenvalue weighted by atomic mass is 32.2. The van der Waals surface area contributed by atoms with Crippen LogP contribution in [0.15, 0.2) is 87.9 Å². The van der Waals surface area contributed by atoms with Gasteiger partial charge in [0.2, 0.25) is 0 Å². The molecule has 0 spiro atoms. The molecule has 6 nitrogen and oxygen atoms in total. The molecule has 4 aromatic carbocycles. The van der Waals surface area contributed by atoms with E-state index in [0.717, 1.165) is 10.8 Å². The third-order valence-electron chi connectivity index (χ3n) is 4.27. The molecule has 0 amide bonds. The standard InChI is InChI=1S/C20H14N2O4S/c23-18-12-11-13-5-1-2-6-14(13)20(18)22-21-17-9-3-8-16-15(17)7-4-10-19(16)27(24,25)26/h1-12,23H,(H,24,25,26). The summed E-state index contributed by atoms with van der Waals surface area (Å²) in [5.74, 6) is -0.00342. The number of benzene rings is 4. The first-order valence-electron chi connectivity index (χ1n) is 8.07. The molecule has 0 atom stereocenters. The third kappa shape index (κ3) is 3.14. The van der Waals surface area contributed by atoms with Crippen LogP contribution in [-0.4, -0.2) is 18.1 Å². The van der Waals surface area contributed by atoms with Gasteiger partial charge < -0.3 is 5.11 Å². The van der Waals surface area contributed by atoms with Gasteiger partial charge in [-0.2, -0.15) is 8.42 Å². The minimum absolute atomic E-state index is 0.00342. The second-order valence-corrected chi connectivity index (χ2v) is 7.35. The van der Waals surface area contributed by atoms with E-state index in [1.54, 1.807) is 36.4 Å². The Balaban J connectivity index is 1.90. The molecule has 0 saturated heterocycles. The van der Waals surface area contributed by atoms with Crippen molar-refractivity contribution in [1.29, 1.82) is 0 Å². The highest BCUT2D eigenvalue weighted by Gasteiger charge is 2.15. The normalized spacial score (nSPS) is 12.2. The van der Waals surface area contributed by atoms with Gasteiger partial charge in [-0.05, 0) is 23.6 Å². The molecule has 0 aliphatic rings. The second-order valence-electron chi connectivity index (χ2n) is 5.96. The third-order valence-corrected chi connectivity index (χ3v) is 5.19. The summed E-state index contributed by atoms with van der Waals surface area (Å²) in [6.45, 7) is 0. The largest absolute Gasteiger partial charge is 0.506 e. The first-order chi connectivity index (χ1) is 12.9. The number of hydrogen-bond acceptors (Lipinski definition) is 5. The minimum Gasteiger partial charge on any atom is -0.506 e. The van der Waals surface area contributed by atoms with Crippen LogP contribution < -0.4 is 0 Å². The van der Waals surface area contributed by atoms with Gasteiger partial charge in [-0.1, -0.05) is 54.6 Å². The van der Waals surface area contributed by atoms with Crippen LogP contribution in [0.2, 0.25) is 0 Å². The smallest absolute Gasteiger partial charge is 0.295 e. The molecular weight excluding hydrogens is 364 g/mol. The highest BCUT2D eigenvalue weighted by Crippen LogP contribution is 2.37. The summed E-state index contributed by atoms with van der Waals surface area (Å²) >= 11 is 0. The molecule has 0 aliphatic heterocycles. The SMILES string of the molecule is O=S(=O)(O)c1cccc2c(N=Nc3c(O)ccc4ccccc34)cccc12. The van der Waals surface area contributed by atoms with E-state index in [2.05, 4.69) is 10.2 Å². The van der Waals surface area contributed by atoms with Crippen LogP contribution in [0.1, 0.15) is 0 Å². The number of phenolic OH excluding ortho intramolecular Hbond substituents is 1. The molecule has 0 fully saturated rings. The van der Waals surface area contributed by atoms with E-state index < -0.39 is 10.1 Å². The Morgan fingerprint density at radius 3 is 2.22 bits per heavy atom. The van der Waals surface area contributed by atoms with Crippen molar-refractivity contribution in [2.45, 2.75) is 4.90 Å². The molecule has 0 heterocycles. The topological polar surface area (TPSA) is 99.3 Å². The summed E-state index contributed by atoms with van der Waals surface area (Å²) in [6, 6.07) is 20.3. The zero-order chi connectivity index (χ0) is 19.0. The van der Waals surface area contributed by atoms with Gasteiger partial charge in [0.05, 0.1) is 5.69 Å². The first-order valence-corrected chi connectivity index (χ1v) is 9.51. The van der Waals surface area contributed by atoms with E-state index in [1.165, 1.54) is 12.1 Å². The number of phenols is 1. The van der Waals surface area contributed by atoms with Crippen molar-refractivity contribution in [3.63, 3.8) is 0 Å². The van der Waals surface area contributed by atoms with E-state index >= 15 is 0 Å². The lowest BCUT2D eigenvalue weighted by molar-refractivity contribution is 0.477. The zero-order valence-electron chi connectivity index (χ0n) is 13.9. The van der Waals surface area contributed by atoms with E-state index in [4.69, 9.17) is 0 Å². The van der Waals surface area contributed by atoms with Gasteiger partial charge in [0.1, 0.15) is 16.3 Å². The Hall–Kier alpha value is -3.29. The van der Waals surface area contributed by atoms with Gasteiger partial charge in [0.25, 0.3) is 10.1 Å². The fraction of sp³-hybridized carbons (Fsp3) is 0. The van der Waals surface area contributed by atoms with Gasteiger partial charge in [0.15, 0.2) is 0 Å². The number of nitrogens with zero attached hydrogens (tertiary/aromatic N) is 2. The average Bonchev–Trinajstić information content (AvgIpc) is 2.66. The van der Waals surface area contributed by atoms with Crippen molar-refractivity contribution < 1.29 is 18.1 Å². The van der Waals surface area contributed by atoms with Crippen molar-refractivity contribution >= 4 is 43.0 Å². The highest BCUT2D eigenvalue weighted by molar-refractivity contribution is 7.86. The molecule has 0 saturated carbocycles. The van der Waals surface area contributed by atoms with Crippen molar-refractivity contribution in [3.8, 4) is 5.75 Å². The maximum atomic E-state index is 11.6. The Labute approximate surface area is 155 Å². The van der Waals surface area contributed by atoms with Gasteiger partial charge in [-0.3, -0.25) is 4.55 Å². The quantitative estimate of drug-likeness (QED) is 0.370. The Morgan fingerprint density at radius 1 is 0.704 bits per heavy atom. The maximum Gasteiger partial charge on any atom is 0.295 e. The monoisotopic (exact) mass is 378 g/mol. The lowest BCUT2D eigenvalue weighted by atomic mass is 10.1. The molecule has 2 N–H and O–H groups in total. The summed E-state index contributed by atoms with van der Waals surface area (Å²) in [5.41, 5.74) is 0.751. The molecule has 4 rings (SSSR count). The van der Waals surface area contributed by atoms with Crippen LogP contribution >= 0.6 is 0 Å². The second kappa shape index (κ2) is 6.46. The predicted molar refractivity (Wildman–Crippen MR) is 104 cm³/mol. The average molecular weight is 378 g/mol. The fourth-order valence-corrected chi connectivity index (χ4v) is 3.74. The molecule has 0 unspecified atom stereocenters. The predicted octanol–water partition coefficient (Wildman–Crippen LogP) is 5.36. The number of azo groups is 1. The van der Waals surface area contributed by atoms with Crippen molar-refractivity contribution in [3.05, 3.63) is 72.8 Å². The van der Waals surface area contributed by atoms with E-state index in [0.29, 0.717) is 22.1 Å². The van der Waals surface area contributed by atoms with Gasteiger partial charge in [-0.25, -0.2) is 0 Å². The summed E-state index contributed by atoms with van der Waals surface area (Å²) in [4.78, 5) is -0.190. The molecule has 4 aromatic rings. The first kappa shape index (κ1) is 17.1. The van der Waals surface area contributed by atoms with Crippen LogP contribution in [0.3, 0.4) is 0 Å². The number of aromatic hydroxyl groups is 1. The van der Waals surface area contributed by atoms with Crippen LogP contribution in [0, 0.1) is 0 Å². The Morgan fingerprint density at radius 2 is 1.41 bits per heavy atom. The van der Waals surface area contributed by atoms with Crippen LogP contribution in [0.25, 0.3) is 21.5 Å². The molecule has 0 bridgehead atoms. The minimum atomic E-state index is -4.36.